The van der Waals surface area contributed by atoms with Crippen LogP contribution >= 0.6 is 34.5 Å². The Hall–Kier alpha value is -3.67. The molecule has 4 N–H and O–H groups in total. The first kappa shape index (κ1) is 27.9. The molecule has 0 saturated heterocycles. The molecule has 0 saturated carbocycles. The summed E-state index contributed by atoms with van der Waals surface area (Å²) in [4.78, 5) is 54.0. The second-order valence-corrected chi connectivity index (χ2v) is 9.64. The second kappa shape index (κ2) is 13.0. The third-order valence-electron chi connectivity index (χ3n) is 4.97. The van der Waals surface area contributed by atoms with Gasteiger partial charge in [0.1, 0.15) is 5.69 Å². The highest BCUT2D eigenvalue weighted by Crippen LogP contribution is 2.25. The van der Waals surface area contributed by atoms with Crippen molar-refractivity contribution in [2.75, 3.05) is 18.9 Å². The van der Waals surface area contributed by atoms with Gasteiger partial charge in [0.15, 0.2) is 5.13 Å². The Kier molecular flexibility index (Phi) is 9.84. The maximum atomic E-state index is 12.7. The number of rotatable bonds is 10. The topological polar surface area (TPSA) is 141 Å². The average Bonchev–Trinajstić information content (AvgIpc) is 3.29. The largest absolute Gasteiger partial charge is 0.481 e. The molecule has 0 fully saturated rings. The molecule has 0 aliphatic rings. The molecule has 0 bridgehead atoms. The Balaban J connectivity index is 1.55. The molecule has 4 amide bonds. The molecule has 1 aromatic heterocycles. The van der Waals surface area contributed by atoms with Crippen molar-refractivity contribution in [3.05, 3.63) is 80.8 Å². The fraction of sp³-hybridized carbons (Fsp3) is 0.208. The van der Waals surface area contributed by atoms with Crippen LogP contribution in [0.4, 0.5) is 9.93 Å². The van der Waals surface area contributed by atoms with Gasteiger partial charge in [0.05, 0.1) is 19.0 Å². The van der Waals surface area contributed by atoms with E-state index in [4.69, 9.17) is 23.2 Å². The van der Waals surface area contributed by atoms with Crippen molar-refractivity contribution in [1.29, 1.82) is 0 Å². The summed E-state index contributed by atoms with van der Waals surface area (Å²) >= 11 is 13.1. The van der Waals surface area contributed by atoms with Crippen molar-refractivity contribution >= 4 is 63.5 Å². The molecule has 0 aliphatic heterocycles. The van der Waals surface area contributed by atoms with E-state index >= 15 is 0 Å². The first-order chi connectivity index (χ1) is 17.6. The van der Waals surface area contributed by atoms with Gasteiger partial charge in [0, 0.05) is 29.0 Å². The normalized spacial score (nSPS) is 11.3. The average molecular weight is 564 g/mol. The van der Waals surface area contributed by atoms with Crippen LogP contribution in [0.25, 0.3) is 0 Å². The molecule has 1 heterocycles. The van der Waals surface area contributed by atoms with E-state index < -0.39 is 36.3 Å². The van der Waals surface area contributed by atoms with Crippen LogP contribution in [0, 0.1) is 0 Å². The zero-order valence-electron chi connectivity index (χ0n) is 19.5. The molecule has 0 aliphatic carbocycles. The molecule has 13 heteroatoms. The molecule has 2 aromatic carbocycles. The molecule has 1 unspecified atom stereocenters. The summed E-state index contributed by atoms with van der Waals surface area (Å²) in [5.74, 6) is -2.28. The lowest BCUT2D eigenvalue weighted by atomic mass is 10.0. The zero-order chi connectivity index (χ0) is 26.9. The number of benzene rings is 2. The van der Waals surface area contributed by atoms with E-state index in [-0.39, 0.29) is 17.4 Å². The van der Waals surface area contributed by atoms with Crippen molar-refractivity contribution in [3.63, 3.8) is 0 Å². The van der Waals surface area contributed by atoms with Gasteiger partial charge in [-0.2, -0.15) is 0 Å². The highest BCUT2D eigenvalue weighted by Gasteiger charge is 2.23. The maximum absolute atomic E-state index is 12.7. The monoisotopic (exact) mass is 563 g/mol. The first-order valence-corrected chi connectivity index (χ1v) is 12.5. The molecule has 37 heavy (non-hydrogen) atoms. The third kappa shape index (κ3) is 8.74. The molecule has 10 nitrogen and oxygen atoms in total. The maximum Gasteiger partial charge on any atom is 0.321 e. The van der Waals surface area contributed by atoms with Gasteiger partial charge >= 0.3 is 12.0 Å². The van der Waals surface area contributed by atoms with Gasteiger partial charge in [-0.05, 0) is 29.3 Å². The van der Waals surface area contributed by atoms with Crippen molar-refractivity contribution in [2.45, 2.75) is 19.0 Å². The molecule has 3 rings (SSSR count). The smallest absolute Gasteiger partial charge is 0.321 e. The highest BCUT2D eigenvalue weighted by molar-refractivity contribution is 7.14. The van der Waals surface area contributed by atoms with E-state index in [2.05, 4.69) is 20.9 Å². The number of aromatic nitrogens is 1. The number of aliphatic carboxylic acids is 1. The Morgan fingerprint density at radius 1 is 1.08 bits per heavy atom. The van der Waals surface area contributed by atoms with E-state index in [0.29, 0.717) is 22.2 Å². The number of carbonyl (C=O) groups excluding carboxylic acids is 3. The summed E-state index contributed by atoms with van der Waals surface area (Å²) in [5, 5.41) is 19.4. The lowest BCUT2D eigenvalue weighted by molar-refractivity contribution is -0.137. The standard InChI is InChI=1S/C24H23Cl2N5O5S/c1-31(12-20(32)28-18(10-21(33)34)15-7-16(25)9-17(26)8-15)22(35)19-13-37-24(29-19)30-23(36)27-11-14-5-3-2-4-6-14/h2-9,13,18H,10-12H2,1H3,(H,28,32)(H,33,34)(H2,27,29,30,36). The number of amides is 4. The van der Waals surface area contributed by atoms with Crippen molar-refractivity contribution in [2.24, 2.45) is 0 Å². The Morgan fingerprint density at radius 3 is 2.41 bits per heavy atom. The van der Waals surface area contributed by atoms with Gasteiger partial charge in [0.2, 0.25) is 5.91 Å². The predicted molar refractivity (Wildman–Crippen MR) is 141 cm³/mol. The molecule has 0 spiro atoms. The van der Waals surface area contributed by atoms with Crippen LogP contribution < -0.4 is 16.0 Å². The van der Waals surface area contributed by atoms with Gasteiger partial charge in [-0.1, -0.05) is 53.5 Å². The van der Waals surface area contributed by atoms with Crippen LogP contribution in [0.5, 0.6) is 0 Å². The third-order valence-corrected chi connectivity index (χ3v) is 6.16. The zero-order valence-corrected chi connectivity index (χ0v) is 21.9. The summed E-state index contributed by atoms with van der Waals surface area (Å²) in [7, 11) is 1.41. The molecule has 194 valence electrons. The van der Waals surface area contributed by atoms with Gasteiger partial charge < -0.3 is 20.6 Å². The van der Waals surface area contributed by atoms with Crippen molar-refractivity contribution < 1.29 is 24.3 Å². The van der Waals surface area contributed by atoms with E-state index in [9.17, 15) is 24.3 Å². The Bertz CT molecular complexity index is 1270. The number of urea groups is 1. The van der Waals surface area contributed by atoms with Crippen LogP contribution in [-0.4, -0.2) is 52.4 Å². The number of thiazole rings is 1. The van der Waals surface area contributed by atoms with E-state index in [1.165, 1.54) is 30.6 Å². The van der Waals surface area contributed by atoms with Crippen molar-refractivity contribution in [3.8, 4) is 0 Å². The Labute approximate surface area is 226 Å². The van der Waals surface area contributed by atoms with E-state index in [1.54, 1.807) is 0 Å². The number of nitrogens with zero attached hydrogens (tertiary/aromatic N) is 2. The number of carbonyl (C=O) groups is 4. The fourth-order valence-electron chi connectivity index (χ4n) is 3.27. The van der Waals surface area contributed by atoms with Gasteiger partial charge in [-0.25, -0.2) is 9.78 Å². The molecule has 3 aromatic rings. The number of hydrogen-bond donors (Lipinski definition) is 4. The van der Waals surface area contributed by atoms with Crippen LogP contribution in [0.3, 0.4) is 0 Å². The second-order valence-electron chi connectivity index (χ2n) is 7.91. The van der Waals surface area contributed by atoms with E-state index in [1.807, 2.05) is 30.3 Å². The molecule has 1 atom stereocenters. The molecular formula is C24H23Cl2N5O5S. The van der Waals surface area contributed by atoms with Gasteiger partial charge in [0.25, 0.3) is 5.91 Å². The number of hydrogen-bond acceptors (Lipinski definition) is 6. The SMILES string of the molecule is CN(CC(=O)NC(CC(=O)O)c1cc(Cl)cc(Cl)c1)C(=O)c1csc(NC(=O)NCc2ccccc2)n1. The fourth-order valence-corrected chi connectivity index (χ4v) is 4.50. The minimum Gasteiger partial charge on any atom is -0.481 e. The van der Waals surface area contributed by atoms with Gasteiger partial charge in [-0.15, -0.1) is 11.3 Å². The van der Waals surface area contributed by atoms with Crippen molar-refractivity contribution in [1.82, 2.24) is 20.5 Å². The number of likely N-dealkylation sites (N-methyl/N-ethyl adjacent to an activating group) is 1. The van der Waals surface area contributed by atoms with Gasteiger partial charge in [-0.3, -0.25) is 19.7 Å². The number of halogens is 2. The van der Waals surface area contributed by atoms with Crippen LogP contribution in [-0.2, 0) is 16.1 Å². The predicted octanol–water partition coefficient (Wildman–Crippen LogP) is 4.18. The summed E-state index contributed by atoms with van der Waals surface area (Å²) in [6.07, 6.45) is -0.409. The number of carboxylic acid groups (broad SMARTS) is 1. The number of anilines is 1. The van der Waals surface area contributed by atoms with Crippen LogP contribution in [0.15, 0.2) is 53.9 Å². The first-order valence-electron chi connectivity index (χ1n) is 10.9. The molecule has 0 radical (unpaired) electrons. The summed E-state index contributed by atoms with van der Waals surface area (Å²) < 4.78 is 0. The minimum atomic E-state index is -1.14. The number of carboxylic acids is 1. The quantitative estimate of drug-likeness (QED) is 0.291. The highest BCUT2D eigenvalue weighted by atomic mass is 35.5. The number of nitrogens with one attached hydrogen (secondary N) is 3. The van der Waals surface area contributed by atoms with Crippen LogP contribution in [0.2, 0.25) is 10.0 Å². The summed E-state index contributed by atoms with van der Waals surface area (Å²) in [5.41, 5.74) is 1.39. The lowest BCUT2D eigenvalue weighted by Gasteiger charge is -2.21. The molecular weight excluding hydrogens is 541 g/mol. The lowest BCUT2D eigenvalue weighted by Crippen LogP contribution is -2.40. The summed E-state index contributed by atoms with van der Waals surface area (Å²) in [6, 6.07) is 12.5. The minimum absolute atomic E-state index is 0.0439. The summed E-state index contributed by atoms with van der Waals surface area (Å²) in [6.45, 7) is -0.0347. The van der Waals surface area contributed by atoms with Crippen LogP contribution in [0.1, 0.15) is 34.1 Å². The Morgan fingerprint density at radius 2 is 1.76 bits per heavy atom. The van der Waals surface area contributed by atoms with E-state index in [0.717, 1.165) is 21.8 Å².